The smallest absolute Gasteiger partial charge is 0.236 e. The van der Waals surface area contributed by atoms with Gasteiger partial charge < -0.3 is 9.84 Å². The molecule has 112 valence electrons. The fourth-order valence-corrected chi connectivity index (χ4v) is 2.35. The van der Waals surface area contributed by atoms with Gasteiger partial charge in [-0.3, -0.25) is 0 Å². The van der Waals surface area contributed by atoms with E-state index in [1.807, 2.05) is 30.3 Å². The molecule has 0 aliphatic heterocycles. The first-order chi connectivity index (χ1) is 10.1. The average molecular weight is 351 g/mol. The summed E-state index contributed by atoms with van der Waals surface area (Å²) < 4.78 is 6.39. The van der Waals surface area contributed by atoms with Crippen LogP contribution >= 0.6 is 15.9 Å². The van der Waals surface area contributed by atoms with E-state index >= 15 is 0 Å². The van der Waals surface area contributed by atoms with Gasteiger partial charge in [-0.2, -0.15) is 0 Å². The van der Waals surface area contributed by atoms with Crippen LogP contribution in [0.4, 0.5) is 0 Å². The molecular formula is C16H19BrN2O2. The van der Waals surface area contributed by atoms with Gasteiger partial charge in [0.05, 0.1) is 6.61 Å². The summed E-state index contributed by atoms with van der Waals surface area (Å²) in [5.74, 6) is 0.949. The molecule has 5 heteroatoms. The van der Waals surface area contributed by atoms with Crippen molar-refractivity contribution in [2.24, 2.45) is 5.92 Å². The third kappa shape index (κ3) is 4.51. The summed E-state index contributed by atoms with van der Waals surface area (Å²) in [7, 11) is 0. The normalized spacial score (nSPS) is 10.9. The van der Waals surface area contributed by atoms with E-state index < -0.39 is 0 Å². The van der Waals surface area contributed by atoms with Crippen molar-refractivity contribution in [3.63, 3.8) is 0 Å². The van der Waals surface area contributed by atoms with Crippen molar-refractivity contribution in [1.29, 1.82) is 0 Å². The Morgan fingerprint density at radius 1 is 1.14 bits per heavy atom. The van der Waals surface area contributed by atoms with E-state index in [4.69, 9.17) is 4.74 Å². The Labute approximate surface area is 133 Å². The molecule has 0 radical (unpaired) electrons. The van der Waals surface area contributed by atoms with Crippen LogP contribution in [-0.4, -0.2) is 15.1 Å². The van der Waals surface area contributed by atoms with Gasteiger partial charge in [-0.05, 0) is 33.8 Å². The van der Waals surface area contributed by atoms with E-state index in [1.54, 1.807) is 0 Å². The van der Waals surface area contributed by atoms with E-state index in [2.05, 4.69) is 39.7 Å². The van der Waals surface area contributed by atoms with Crippen LogP contribution in [0.1, 0.15) is 30.8 Å². The predicted molar refractivity (Wildman–Crippen MR) is 85.0 cm³/mol. The van der Waals surface area contributed by atoms with Crippen molar-refractivity contribution in [3.05, 3.63) is 51.9 Å². The molecule has 1 heterocycles. The maximum absolute atomic E-state index is 9.31. The minimum absolute atomic E-state index is 0.169. The van der Waals surface area contributed by atoms with Crippen molar-refractivity contribution in [1.82, 2.24) is 9.97 Å². The molecule has 0 bridgehead atoms. The van der Waals surface area contributed by atoms with Crippen LogP contribution in [-0.2, 0) is 19.6 Å². The van der Waals surface area contributed by atoms with Crippen molar-refractivity contribution in [2.75, 3.05) is 0 Å². The summed E-state index contributed by atoms with van der Waals surface area (Å²) in [4.78, 5) is 8.84. The highest BCUT2D eigenvalue weighted by molar-refractivity contribution is 9.10. The van der Waals surface area contributed by atoms with Crippen LogP contribution in [0.15, 0.2) is 34.9 Å². The van der Waals surface area contributed by atoms with Crippen LogP contribution in [0.5, 0.6) is 5.88 Å². The summed E-state index contributed by atoms with van der Waals surface area (Å²) >= 11 is 3.34. The SMILES string of the molecule is CC(C)Cc1nc(Br)c(CO)nc1OCc1ccccc1. The second-order valence-corrected chi connectivity index (χ2v) is 5.99. The lowest BCUT2D eigenvalue weighted by Crippen LogP contribution is -2.08. The summed E-state index contributed by atoms with van der Waals surface area (Å²) in [5, 5.41) is 9.31. The zero-order chi connectivity index (χ0) is 15.2. The van der Waals surface area contributed by atoms with E-state index in [1.165, 1.54) is 0 Å². The van der Waals surface area contributed by atoms with Crippen LogP contribution in [0.25, 0.3) is 0 Å². The highest BCUT2D eigenvalue weighted by Gasteiger charge is 2.14. The zero-order valence-electron chi connectivity index (χ0n) is 12.2. The minimum atomic E-state index is -0.169. The van der Waals surface area contributed by atoms with Crippen LogP contribution in [0.3, 0.4) is 0 Å². The number of aromatic nitrogens is 2. The second-order valence-electron chi connectivity index (χ2n) is 5.24. The summed E-state index contributed by atoms with van der Waals surface area (Å²) in [6.07, 6.45) is 0.779. The zero-order valence-corrected chi connectivity index (χ0v) is 13.8. The molecule has 0 spiro atoms. The number of aliphatic hydroxyl groups excluding tert-OH is 1. The van der Waals surface area contributed by atoms with E-state index in [0.717, 1.165) is 17.7 Å². The highest BCUT2D eigenvalue weighted by atomic mass is 79.9. The van der Waals surface area contributed by atoms with Crippen LogP contribution in [0.2, 0.25) is 0 Å². The van der Waals surface area contributed by atoms with Gasteiger partial charge in [0.1, 0.15) is 22.6 Å². The molecule has 0 aliphatic rings. The van der Waals surface area contributed by atoms with Crippen LogP contribution in [0, 0.1) is 5.92 Å². The Kier molecular flexibility index (Phi) is 5.70. The fraction of sp³-hybridized carbons (Fsp3) is 0.375. The van der Waals surface area contributed by atoms with E-state index in [-0.39, 0.29) is 6.61 Å². The van der Waals surface area contributed by atoms with Crippen molar-refractivity contribution in [2.45, 2.75) is 33.5 Å². The maximum Gasteiger partial charge on any atom is 0.236 e. The first-order valence-corrected chi connectivity index (χ1v) is 7.72. The average Bonchev–Trinajstić information content (AvgIpc) is 2.47. The maximum atomic E-state index is 9.31. The van der Waals surface area contributed by atoms with Crippen molar-refractivity contribution < 1.29 is 9.84 Å². The minimum Gasteiger partial charge on any atom is -0.471 e. The first-order valence-electron chi connectivity index (χ1n) is 6.93. The molecule has 1 N–H and O–H groups in total. The molecule has 1 aromatic carbocycles. The lowest BCUT2D eigenvalue weighted by molar-refractivity contribution is 0.261. The molecule has 0 atom stereocenters. The number of hydrogen-bond acceptors (Lipinski definition) is 4. The van der Waals surface area contributed by atoms with Gasteiger partial charge in [-0.1, -0.05) is 44.2 Å². The molecule has 2 aromatic rings. The molecular weight excluding hydrogens is 332 g/mol. The molecule has 4 nitrogen and oxygen atoms in total. The number of halogens is 1. The van der Waals surface area contributed by atoms with Gasteiger partial charge in [0.25, 0.3) is 0 Å². The second kappa shape index (κ2) is 7.52. The molecule has 0 amide bonds. The summed E-state index contributed by atoms with van der Waals surface area (Å²) in [5.41, 5.74) is 2.37. The van der Waals surface area contributed by atoms with E-state index in [9.17, 15) is 5.11 Å². The van der Waals surface area contributed by atoms with Gasteiger partial charge in [-0.15, -0.1) is 0 Å². The lowest BCUT2D eigenvalue weighted by atomic mass is 10.1. The number of hydrogen-bond donors (Lipinski definition) is 1. The Hall–Kier alpha value is -1.46. The standard InChI is InChI=1S/C16H19BrN2O2/c1-11(2)8-13-16(19-14(9-20)15(17)18-13)21-10-12-6-4-3-5-7-12/h3-7,11,20H,8-10H2,1-2H3. The first kappa shape index (κ1) is 15.9. The number of aliphatic hydroxyl groups is 1. The number of benzene rings is 1. The van der Waals surface area contributed by atoms with Crippen molar-refractivity contribution >= 4 is 15.9 Å². The Balaban J connectivity index is 2.22. The molecule has 0 saturated carbocycles. The molecule has 0 saturated heterocycles. The molecule has 21 heavy (non-hydrogen) atoms. The van der Waals surface area contributed by atoms with Gasteiger partial charge >= 0.3 is 0 Å². The van der Waals surface area contributed by atoms with Crippen molar-refractivity contribution in [3.8, 4) is 5.88 Å². The third-order valence-corrected chi connectivity index (χ3v) is 3.56. The summed E-state index contributed by atoms with van der Waals surface area (Å²) in [6.45, 7) is 4.51. The largest absolute Gasteiger partial charge is 0.471 e. The molecule has 0 unspecified atom stereocenters. The van der Waals surface area contributed by atoms with Gasteiger partial charge in [0, 0.05) is 0 Å². The summed E-state index contributed by atoms with van der Waals surface area (Å²) in [6, 6.07) is 9.92. The molecule has 2 rings (SSSR count). The fourth-order valence-electron chi connectivity index (χ4n) is 1.93. The highest BCUT2D eigenvalue weighted by Crippen LogP contribution is 2.23. The van der Waals surface area contributed by atoms with E-state index in [0.29, 0.717) is 28.7 Å². The Morgan fingerprint density at radius 2 is 1.86 bits per heavy atom. The molecule has 0 aliphatic carbocycles. The predicted octanol–water partition coefficient (Wildman–Crippen LogP) is 3.51. The van der Waals surface area contributed by atoms with Crippen LogP contribution < -0.4 is 4.74 Å². The number of nitrogens with zero attached hydrogens (tertiary/aromatic N) is 2. The molecule has 0 fully saturated rings. The Bertz CT molecular complexity index is 588. The third-order valence-electron chi connectivity index (χ3n) is 2.92. The van der Waals surface area contributed by atoms with Gasteiger partial charge in [-0.25, -0.2) is 9.97 Å². The van der Waals surface area contributed by atoms with Gasteiger partial charge in [0.2, 0.25) is 5.88 Å². The van der Waals surface area contributed by atoms with Gasteiger partial charge in [0.15, 0.2) is 0 Å². The quantitative estimate of drug-likeness (QED) is 0.865. The molecule has 1 aromatic heterocycles. The lowest BCUT2D eigenvalue weighted by Gasteiger charge is -2.13. The monoisotopic (exact) mass is 350 g/mol. The number of rotatable bonds is 6. The topological polar surface area (TPSA) is 55.2 Å². The Morgan fingerprint density at radius 3 is 2.48 bits per heavy atom. The number of ether oxygens (including phenoxy) is 1.